The first-order chi connectivity index (χ1) is 10.4. The van der Waals surface area contributed by atoms with Crippen molar-refractivity contribution in [3.8, 4) is 11.4 Å². The molecule has 4 nitrogen and oxygen atoms in total. The topological polar surface area (TPSA) is 42.7 Å². The van der Waals surface area contributed by atoms with Crippen LogP contribution in [0.25, 0.3) is 22.6 Å². The minimum Gasteiger partial charge on any atom is -0.312 e. The minimum absolute atomic E-state index is 0.880. The van der Waals surface area contributed by atoms with Gasteiger partial charge in [-0.3, -0.25) is 0 Å². The van der Waals surface area contributed by atoms with E-state index in [-0.39, 0.29) is 0 Å². The van der Waals surface area contributed by atoms with Crippen LogP contribution in [0.4, 0.5) is 0 Å². The lowest BCUT2D eigenvalue weighted by Crippen LogP contribution is -2.24. The Labute approximate surface area is 123 Å². The molecular weight excluding hydrogens is 260 g/mol. The van der Waals surface area contributed by atoms with Gasteiger partial charge in [0.25, 0.3) is 0 Å². The van der Waals surface area contributed by atoms with Gasteiger partial charge in [0.15, 0.2) is 5.65 Å². The summed E-state index contributed by atoms with van der Waals surface area (Å²) in [7, 11) is 0. The molecule has 0 aliphatic carbocycles. The standard InChI is InChI=1S/C17H18N4/c1-2-21-16(20-15-7-4-9-19-17(15)21)14-6-3-5-12-11-18-10-8-13(12)14/h3-7,9,18H,2,8,10-11H2,1H3. The summed E-state index contributed by atoms with van der Waals surface area (Å²) in [5.74, 6) is 1.05. The molecule has 0 amide bonds. The Balaban J connectivity index is 1.98. The lowest BCUT2D eigenvalue weighted by molar-refractivity contribution is 0.643. The van der Waals surface area contributed by atoms with E-state index in [1.807, 2.05) is 18.3 Å². The molecule has 21 heavy (non-hydrogen) atoms. The number of fused-ring (bicyclic) bond motifs is 2. The van der Waals surface area contributed by atoms with Gasteiger partial charge < -0.3 is 9.88 Å². The van der Waals surface area contributed by atoms with Gasteiger partial charge in [-0.15, -0.1) is 0 Å². The molecule has 0 saturated carbocycles. The SMILES string of the molecule is CCn1c(-c2cccc3c2CCNC3)nc2cccnc21. The molecule has 0 fully saturated rings. The molecule has 0 spiro atoms. The van der Waals surface area contributed by atoms with Crippen LogP contribution in [0.3, 0.4) is 0 Å². The quantitative estimate of drug-likeness (QED) is 0.784. The summed E-state index contributed by atoms with van der Waals surface area (Å²) in [6, 6.07) is 10.5. The molecule has 0 bridgehead atoms. The second kappa shape index (κ2) is 4.97. The van der Waals surface area contributed by atoms with Gasteiger partial charge in [-0.1, -0.05) is 18.2 Å². The maximum Gasteiger partial charge on any atom is 0.160 e. The van der Waals surface area contributed by atoms with Crippen molar-refractivity contribution >= 4 is 11.2 Å². The van der Waals surface area contributed by atoms with E-state index in [0.29, 0.717) is 0 Å². The van der Waals surface area contributed by atoms with E-state index >= 15 is 0 Å². The fourth-order valence-electron chi connectivity index (χ4n) is 3.21. The summed E-state index contributed by atoms with van der Waals surface area (Å²) in [4.78, 5) is 9.34. The van der Waals surface area contributed by atoms with E-state index in [1.54, 1.807) is 0 Å². The maximum absolute atomic E-state index is 4.84. The molecule has 1 aromatic carbocycles. The van der Waals surface area contributed by atoms with Crippen molar-refractivity contribution < 1.29 is 0 Å². The Morgan fingerprint density at radius 3 is 3.10 bits per heavy atom. The zero-order valence-corrected chi connectivity index (χ0v) is 12.1. The van der Waals surface area contributed by atoms with Crippen molar-refractivity contribution in [3.05, 3.63) is 47.7 Å². The van der Waals surface area contributed by atoms with Crippen LogP contribution < -0.4 is 5.32 Å². The van der Waals surface area contributed by atoms with Gasteiger partial charge in [0, 0.05) is 24.8 Å². The van der Waals surface area contributed by atoms with Gasteiger partial charge in [-0.25, -0.2) is 9.97 Å². The number of imidazole rings is 1. The van der Waals surface area contributed by atoms with Crippen LogP contribution in [-0.4, -0.2) is 21.1 Å². The molecule has 0 atom stereocenters. The van der Waals surface area contributed by atoms with Gasteiger partial charge in [0.1, 0.15) is 11.3 Å². The fraction of sp³-hybridized carbons (Fsp3) is 0.294. The first kappa shape index (κ1) is 12.5. The fourth-order valence-corrected chi connectivity index (χ4v) is 3.21. The van der Waals surface area contributed by atoms with E-state index in [9.17, 15) is 0 Å². The van der Waals surface area contributed by atoms with Crippen LogP contribution in [-0.2, 0) is 19.5 Å². The van der Waals surface area contributed by atoms with Crippen molar-refractivity contribution in [3.63, 3.8) is 0 Å². The zero-order chi connectivity index (χ0) is 14.2. The van der Waals surface area contributed by atoms with E-state index < -0.39 is 0 Å². The molecule has 3 aromatic rings. The van der Waals surface area contributed by atoms with Gasteiger partial charge in [-0.2, -0.15) is 0 Å². The minimum atomic E-state index is 0.880. The predicted octanol–water partition coefficient (Wildman–Crippen LogP) is 2.76. The van der Waals surface area contributed by atoms with E-state index in [4.69, 9.17) is 4.98 Å². The molecule has 1 N–H and O–H groups in total. The number of nitrogens with one attached hydrogen (secondary N) is 1. The third-order valence-electron chi connectivity index (χ3n) is 4.20. The number of rotatable bonds is 2. The molecule has 3 heterocycles. The van der Waals surface area contributed by atoms with E-state index in [1.165, 1.54) is 16.7 Å². The highest BCUT2D eigenvalue weighted by molar-refractivity contribution is 5.78. The molecule has 106 valence electrons. The molecule has 4 heteroatoms. The lowest BCUT2D eigenvalue weighted by Gasteiger charge is -2.20. The Bertz CT molecular complexity index is 804. The van der Waals surface area contributed by atoms with E-state index in [2.05, 4.69) is 40.0 Å². The highest BCUT2D eigenvalue weighted by Gasteiger charge is 2.18. The van der Waals surface area contributed by atoms with Crippen molar-refractivity contribution in [1.82, 2.24) is 19.9 Å². The van der Waals surface area contributed by atoms with Gasteiger partial charge in [-0.05, 0) is 43.1 Å². The average Bonchev–Trinajstić information content (AvgIpc) is 2.92. The van der Waals surface area contributed by atoms with Crippen molar-refractivity contribution in [1.29, 1.82) is 0 Å². The first-order valence-corrected chi connectivity index (χ1v) is 7.51. The summed E-state index contributed by atoms with van der Waals surface area (Å²) in [6.45, 7) is 5.02. The Kier molecular flexibility index (Phi) is 2.97. The van der Waals surface area contributed by atoms with Crippen LogP contribution >= 0.6 is 0 Å². The molecule has 0 saturated heterocycles. The smallest absolute Gasteiger partial charge is 0.160 e. The van der Waals surface area contributed by atoms with Crippen LogP contribution in [0.15, 0.2) is 36.5 Å². The number of aromatic nitrogens is 3. The molecular formula is C17H18N4. The molecule has 1 aliphatic rings. The van der Waals surface area contributed by atoms with Crippen LogP contribution in [0.1, 0.15) is 18.1 Å². The second-order valence-corrected chi connectivity index (χ2v) is 5.40. The molecule has 0 radical (unpaired) electrons. The first-order valence-electron chi connectivity index (χ1n) is 7.51. The molecule has 1 aliphatic heterocycles. The number of aryl methyl sites for hydroxylation is 1. The third kappa shape index (κ3) is 1.94. The second-order valence-electron chi connectivity index (χ2n) is 5.40. The lowest BCUT2D eigenvalue weighted by atomic mass is 9.95. The van der Waals surface area contributed by atoms with Crippen LogP contribution in [0.5, 0.6) is 0 Å². The average molecular weight is 278 g/mol. The highest BCUT2D eigenvalue weighted by atomic mass is 15.1. The van der Waals surface area contributed by atoms with Crippen LogP contribution in [0, 0.1) is 0 Å². The van der Waals surface area contributed by atoms with Crippen molar-refractivity contribution in [2.45, 2.75) is 26.4 Å². The highest BCUT2D eigenvalue weighted by Crippen LogP contribution is 2.30. The normalized spacial score (nSPS) is 14.3. The number of hydrogen-bond acceptors (Lipinski definition) is 3. The van der Waals surface area contributed by atoms with Crippen LogP contribution in [0.2, 0.25) is 0 Å². The summed E-state index contributed by atoms with van der Waals surface area (Å²) in [5, 5.41) is 3.44. The monoisotopic (exact) mass is 278 g/mol. The molecule has 2 aromatic heterocycles. The summed E-state index contributed by atoms with van der Waals surface area (Å²) in [6.07, 6.45) is 2.90. The maximum atomic E-state index is 4.84. The number of benzene rings is 1. The van der Waals surface area contributed by atoms with Crippen molar-refractivity contribution in [2.24, 2.45) is 0 Å². The zero-order valence-electron chi connectivity index (χ0n) is 12.1. The third-order valence-corrected chi connectivity index (χ3v) is 4.20. The van der Waals surface area contributed by atoms with E-state index in [0.717, 1.165) is 43.0 Å². The predicted molar refractivity (Wildman–Crippen MR) is 84.0 cm³/mol. The summed E-state index contributed by atoms with van der Waals surface area (Å²) in [5.41, 5.74) is 6.03. The Hall–Kier alpha value is -2.20. The van der Waals surface area contributed by atoms with Gasteiger partial charge in [0.2, 0.25) is 0 Å². The largest absolute Gasteiger partial charge is 0.312 e. The molecule has 4 rings (SSSR count). The van der Waals surface area contributed by atoms with Gasteiger partial charge in [0.05, 0.1) is 0 Å². The summed E-state index contributed by atoms with van der Waals surface area (Å²) >= 11 is 0. The number of nitrogens with zero attached hydrogens (tertiary/aromatic N) is 3. The van der Waals surface area contributed by atoms with Crippen molar-refractivity contribution in [2.75, 3.05) is 6.54 Å². The van der Waals surface area contributed by atoms with Gasteiger partial charge >= 0.3 is 0 Å². The molecule has 0 unspecified atom stereocenters. The Morgan fingerprint density at radius 2 is 2.19 bits per heavy atom. The number of hydrogen-bond donors (Lipinski definition) is 1. The Morgan fingerprint density at radius 1 is 1.24 bits per heavy atom. The number of pyridine rings is 1. The summed E-state index contributed by atoms with van der Waals surface area (Å²) < 4.78 is 2.22.